The Morgan fingerprint density at radius 2 is 1.70 bits per heavy atom. The summed E-state index contributed by atoms with van der Waals surface area (Å²) in [5.74, 6) is 1.84. The molecule has 0 atom stereocenters. The van der Waals surface area contributed by atoms with E-state index in [1.807, 2.05) is 12.1 Å². The Morgan fingerprint density at radius 3 is 2.22 bits per heavy atom. The lowest BCUT2D eigenvalue weighted by atomic mass is 10.1. The van der Waals surface area contributed by atoms with E-state index in [1.54, 1.807) is 18.3 Å². The molecule has 0 aliphatic heterocycles. The molecule has 1 aromatic heterocycles. The second kappa shape index (κ2) is 8.62. The number of hydrogen-bond donors (Lipinski definition) is 2. The van der Waals surface area contributed by atoms with Crippen LogP contribution in [0.2, 0.25) is 0 Å². The highest BCUT2D eigenvalue weighted by Gasteiger charge is 2.18. The number of nitrogens with one attached hydrogen (secondary N) is 2. The summed E-state index contributed by atoms with van der Waals surface area (Å²) in [5, 5.41) is 6.26. The predicted molar refractivity (Wildman–Crippen MR) is 104 cm³/mol. The van der Waals surface area contributed by atoms with E-state index in [0.29, 0.717) is 34.5 Å². The molecule has 27 heavy (non-hydrogen) atoms. The summed E-state index contributed by atoms with van der Waals surface area (Å²) >= 11 is 0. The Morgan fingerprint density at radius 1 is 1.04 bits per heavy atom. The van der Waals surface area contributed by atoms with Gasteiger partial charge in [0.05, 0.1) is 33.2 Å². The minimum Gasteiger partial charge on any atom is -0.493 e. The molecular formula is C20H25N3O4. The highest BCUT2D eigenvalue weighted by Crippen LogP contribution is 2.38. The molecule has 7 nitrogen and oxygen atoms in total. The van der Waals surface area contributed by atoms with Crippen LogP contribution in [0.1, 0.15) is 36.0 Å². The van der Waals surface area contributed by atoms with Crippen molar-refractivity contribution in [1.82, 2.24) is 4.98 Å². The first kappa shape index (κ1) is 18.8. The van der Waals surface area contributed by atoms with Crippen LogP contribution in [0.5, 0.6) is 17.2 Å². The van der Waals surface area contributed by atoms with Crippen molar-refractivity contribution in [3.8, 4) is 17.2 Å². The highest BCUT2D eigenvalue weighted by atomic mass is 16.5. The van der Waals surface area contributed by atoms with Crippen molar-refractivity contribution in [2.24, 2.45) is 0 Å². The van der Waals surface area contributed by atoms with Gasteiger partial charge in [0.2, 0.25) is 5.75 Å². The van der Waals surface area contributed by atoms with E-state index >= 15 is 0 Å². The maximum Gasteiger partial charge on any atom is 0.255 e. The molecule has 2 N–H and O–H groups in total. The fourth-order valence-electron chi connectivity index (χ4n) is 3.25. The molecule has 1 saturated carbocycles. The van der Waals surface area contributed by atoms with E-state index in [1.165, 1.54) is 47.0 Å². The van der Waals surface area contributed by atoms with Crippen molar-refractivity contribution in [2.45, 2.75) is 31.7 Å². The predicted octanol–water partition coefficient (Wildman–Crippen LogP) is 3.71. The molecule has 0 saturated heterocycles. The third-order valence-corrected chi connectivity index (χ3v) is 4.66. The molecule has 1 aliphatic carbocycles. The molecule has 1 heterocycles. The minimum absolute atomic E-state index is 0.285. The van der Waals surface area contributed by atoms with Crippen LogP contribution in [0, 0.1) is 0 Å². The Bertz CT molecular complexity index is 761. The van der Waals surface area contributed by atoms with Gasteiger partial charge in [-0.3, -0.25) is 4.79 Å². The number of benzene rings is 1. The minimum atomic E-state index is -0.285. The molecule has 1 aromatic carbocycles. The van der Waals surface area contributed by atoms with Crippen molar-refractivity contribution in [3.05, 3.63) is 36.0 Å². The van der Waals surface area contributed by atoms with Gasteiger partial charge in [-0.05, 0) is 37.1 Å². The first-order valence-corrected chi connectivity index (χ1v) is 8.98. The van der Waals surface area contributed by atoms with Gasteiger partial charge in [0.1, 0.15) is 5.82 Å². The van der Waals surface area contributed by atoms with Crippen molar-refractivity contribution < 1.29 is 19.0 Å². The molecule has 1 aliphatic rings. The van der Waals surface area contributed by atoms with E-state index in [4.69, 9.17) is 14.2 Å². The summed E-state index contributed by atoms with van der Waals surface area (Å²) in [7, 11) is 4.55. The average molecular weight is 371 g/mol. The Balaban J connectivity index is 1.71. The maximum absolute atomic E-state index is 12.6. The van der Waals surface area contributed by atoms with E-state index in [-0.39, 0.29) is 5.91 Å². The summed E-state index contributed by atoms with van der Waals surface area (Å²) in [6.07, 6.45) is 6.54. The van der Waals surface area contributed by atoms with Gasteiger partial charge in [0.15, 0.2) is 11.5 Å². The number of anilines is 2. The molecule has 0 unspecified atom stereocenters. The molecule has 3 rings (SSSR count). The standard InChI is InChI=1S/C20H25N3O4/c1-25-16-10-13(11-17(26-2)19(16)27-3)20(24)23-15-8-9-18(21-12-15)22-14-6-4-5-7-14/h8-12,14H,4-7H2,1-3H3,(H,21,22)(H,23,24). The number of aromatic nitrogens is 1. The van der Waals surface area contributed by atoms with Gasteiger partial charge in [-0.2, -0.15) is 0 Å². The number of carbonyl (C=O) groups is 1. The molecule has 1 fully saturated rings. The quantitative estimate of drug-likeness (QED) is 0.772. The van der Waals surface area contributed by atoms with E-state index in [2.05, 4.69) is 15.6 Å². The fraction of sp³-hybridized carbons (Fsp3) is 0.400. The lowest BCUT2D eigenvalue weighted by Crippen LogP contribution is -2.16. The topological polar surface area (TPSA) is 81.7 Å². The van der Waals surface area contributed by atoms with Crippen LogP contribution in [-0.4, -0.2) is 38.3 Å². The molecular weight excluding hydrogens is 346 g/mol. The number of carbonyl (C=O) groups excluding carboxylic acids is 1. The van der Waals surface area contributed by atoms with Crippen LogP contribution in [0.3, 0.4) is 0 Å². The summed E-state index contributed by atoms with van der Waals surface area (Å²) in [6, 6.07) is 7.43. The van der Waals surface area contributed by atoms with Crippen molar-refractivity contribution in [2.75, 3.05) is 32.0 Å². The smallest absolute Gasteiger partial charge is 0.255 e. The summed E-state index contributed by atoms with van der Waals surface area (Å²) < 4.78 is 15.9. The molecule has 7 heteroatoms. The zero-order valence-electron chi connectivity index (χ0n) is 15.9. The molecule has 0 spiro atoms. The molecule has 2 aromatic rings. The van der Waals surface area contributed by atoms with Crippen molar-refractivity contribution >= 4 is 17.4 Å². The molecule has 144 valence electrons. The number of ether oxygens (including phenoxy) is 3. The Hall–Kier alpha value is -2.96. The second-order valence-corrected chi connectivity index (χ2v) is 6.43. The lowest BCUT2D eigenvalue weighted by Gasteiger charge is -2.14. The number of rotatable bonds is 7. The SMILES string of the molecule is COc1cc(C(=O)Nc2ccc(NC3CCCC3)nc2)cc(OC)c1OC. The normalized spacial score (nSPS) is 13.9. The second-order valence-electron chi connectivity index (χ2n) is 6.43. The van der Waals surface area contributed by atoms with E-state index in [9.17, 15) is 4.79 Å². The van der Waals surface area contributed by atoms with Crippen LogP contribution in [-0.2, 0) is 0 Å². The van der Waals surface area contributed by atoms with Gasteiger partial charge in [-0.15, -0.1) is 0 Å². The van der Waals surface area contributed by atoms with Crippen LogP contribution in [0.25, 0.3) is 0 Å². The highest BCUT2D eigenvalue weighted by molar-refractivity contribution is 6.05. The molecule has 0 bridgehead atoms. The van der Waals surface area contributed by atoms with Gasteiger partial charge in [0.25, 0.3) is 5.91 Å². The first-order chi connectivity index (χ1) is 13.1. The largest absolute Gasteiger partial charge is 0.493 e. The number of hydrogen-bond acceptors (Lipinski definition) is 6. The molecule has 0 radical (unpaired) electrons. The van der Waals surface area contributed by atoms with E-state index in [0.717, 1.165) is 5.82 Å². The van der Waals surface area contributed by atoms with Gasteiger partial charge >= 0.3 is 0 Å². The third kappa shape index (κ3) is 4.42. The van der Waals surface area contributed by atoms with Crippen LogP contribution < -0.4 is 24.8 Å². The van der Waals surface area contributed by atoms with Crippen molar-refractivity contribution in [3.63, 3.8) is 0 Å². The average Bonchev–Trinajstić information content (AvgIpc) is 3.21. The number of amides is 1. The zero-order valence-corrected chi connectivity index (χ0v) is 15.9. The number of nitrogens with zero attached hydrogens (tertiary/aromatic N) is 1. The maximum atomic E-state index is 12.6. The zero-order chi connectivity index (χ0) is 19.2. The summed E-state index contributed by atoms with van der Waals surface area (Å²) in [6.45, 7) is 0. The van der Waals surface area contributed by atoms with Gasteiger partial charge in [0, 0.05) is 11.6 Å². The molecule has 1 amide bonds. The van der Waals surface area contributed by atoms with Crippen molar-refractivity contribution in [1.29, 1.82) is 0 Å². The van der Waals surface area contributed by atoms with Gasteiger partial charge < -0.3 is 24.8 Å². The van der Waals surface area contributed by atoms with E-state index < -0.39 is 0 Å². The number of pyridine rings is 1. The Kier molecular flexibility index (Phi) is 6.01. The van der Waals surface area contributed by atoms with Crippen LogP contribution >= 0.6 is 0 Å². The Labute approximate surface area is 159 Å². The summed E-state index contributed by atoms with van der Waals surface area (Å²) in [5.41, 5.74) is 1.02. The van der Waals surface area contributed by atoms with Gasteiger partial charge in [-0.1, -0.05) is 12.8 Å². The van der Waals surface area contributed by atoms with Crippen LogP contribution in [0.4, 0.5) is 11.5 Å². The first-order valence-electron chi connectivity index (χ1n) is 8.98. The third-order valence-electron chi connectivity index (χ3n) is 4.66. The van der Waals surface area contributed by atoms with Gasteiger partial charge in [-0.25, -0.2) is 4.98 Å². The lowest BCUT2D eigenvalue weighted by molar-refractivity contribution is 0.102. The van der Waals surface area contributed by atoms with Crippen LogP contribution in [0.15, 0.2) is 30.5 Å². The fourth-order valence-corrected chi connectivity index (χ4v) is 3.25. The monoisotopic (exact) mass is 371 g/mol. The summed E-state index contributed by atoms with van der Waals surface area (Å²) in [4.78, 5) is 17.0. The number of methoxy groups -OCH3 is 3.